The number of carbonyl (C=O) groups excluding carboxylic acids is 1. The molecule has 6 heteroatoms. The molecule has 0 atom stereocenters. The number of halogens is 1. The normalized spacial score (nSPS) is 15.6. The van der Waals surface area contributed by atoms with Crippen molar-refractivity contribution < 1.29 is 4.79 Å². The topological polar surface area (TPSA) is 45.2 Å². The Hall–Kier alpha value is -2.37. The summed E-state index contributed by atoms with van der Waals surface area (Å²) in [4.78, 5) is 20.4. The highest BCUT2D eigenvalue weighted by Gasteiger charge is 2.30. The zero-order chi connectivity index (χ0) is 17.7. The Morgan fingerprint density at radius 2 is 1.96 bits per heavy atom. The molecule has 1 amide bonds. The van der Waals surface area contributed by atoms with Crippen LogP contribution in [0.2, 0.25) is 5.02 Å². The first-order valence-corrected chi connectivity index (χ1v) is 9.83. The van der Waals surface area contributed by atoms with Gasteiger partial charge in [-0.1, -0.05) is 23.7 Å². The largest absolute Gasteiger partial charge is 0.384 e. The zero-order valence-electron chi connectivity index (χ0n) is 14.0. The molecule has 0 unspecified atom stereocenters. The molecule has 5 rings (SSSR count). The molecular weight excluding hydrogens is 366 g/mol. The van der Waals surface area contributed by atoms with Gasteiger partial charge >= 0.3 is 0 Å². The van der Waals surface area contributed by atoms with Gasteiger partial charge in [-0.15, -0.1) is 11.3 Å². The van der Waals surface area contributed by atoms with Crippen LogP contribution in [-0.4, -0.2) is 24.0 Å². The average molecular weight is 382 g/mol. The van der Waals surface area contributed by atoms with Gasteiger partial charge in [-0.3, -0.25) is 4.79 Å². The van der Waals surface area contributed by atoms with Crippen LogP contribution in [0.15, 0.2) is 42.5 Å². The molecule has 2 aliphatic rings. The van der Waals surface area contributed by atoms with Gasteiger partial charge in [0, 0.05) is 41.5 Å². The molecule has 0 aliphatic carbocycles. The summed E-state index contributed by atoms with van der Waals surface area (Å²) in [5.41, 5.74) is 5.35. The molecule has 1 aromatic heterocycles. The van der Waals surface area contributed by atoms with E-state index in [2.05, 4.69) is 17.4 Å². The Balaban J connectivity index is 1.48. The lowest BCUT2D eigenvalue weighted by Crippen LogP contribution is -2.36. The summed E-state index contributed by atoms with van der Waals surface area (Å²) in [6, 6.07) is 13.8. The van der Waals surface area contributed by atoms with Crippen LogP contribution in [-0.2, 0) is 12.8 Å². The van der Waals surface area contributed by atoms with E-state index in [-0.39, 0.29) is 5.91 Å². The van der Waals surface area contributed by atoms with Gasteiger partial charge in [-0.25, -0.2) is 4.98 Å². The second-order valence-electron chi connectivity index (χ2n) is 6.53. The maximum absolute atomic E-state index is 13.1. The third kappa shape index (κ3) is 2.59. The number of carbonyl (C=O) groups is 1. The molecule has 4 nitrogen and oxygen atoms in total. The monoisotopic (exact) mass is 381 g/mol. The molecule has 0 fully saturated rings. The molecule has 0 saturated carbocycles. The Morgan fingerprint density at radius 3 is 2.81 bits per heavy atom. The summed E-state index contributed by atoms with van der Waals surface area (Å²) in [6.07, 6.45) is 1.79. The lowest BCUT2D eigenvalue weighted by Gasteiger charge is -2.26. The molecule has 3 heterocycles. The fourth-order valence-electron chi connectivity index (χ4n) is 3.55. The van der Waals surface area contributed by atoms with Crippen molar-refractivity contribution in [3.63, 3.8) is 0 Å². The van der Waals surface area contributed by atoms with Gasteiger partial charge in [0.15, 0.2) is 0 Å². The van der Waals surface area contributed by atoms with Crippen LogP contribution in [0, 0.1) is 0 Å². The van der Waals surface area contributed by atoms with E-state index in [1.807, 2.05) is 35.2 Å². The standard InChI is InChI=1S/C20H16ClN3OS/c21-14-3-1-12(2-4-14)19-23-17-8-10-24(20(25)18(17)26-19)15-5-6-16-13(11-15)7-9-22-16/h1-6,11,22H,7-10H2. The van der Waals surface area contributed by atoms with E-state index in [1.54, 1.807) is 0 Å². The average Bonchev–Trinajstić information content (AvgIpc) is 3.29. The van der Waals surface area contributed by atoms with Gasteiger partial charge in [0.2, 0.25) is 0 Å². The van der Waals surface area contributed by atoms with Crippen molar-refractivity contribution in [1.82, 2.24) is 4.98 Å². The van der Waals surface area contributed by atoms with Crippen molar-refractivity contribution in [3.05, 3.63) is 63.6 Å². The highest BCUT2D eigenvalue weighted by Crippen LogP contribution is 2.35. The van der Waals surface area contributed by atoms with Crippen LogP contribution >= 0.6 is 22.9 Å². The number of fused-ring (bicyclic) bond motifs is 2. The van der Waals surface area contributed by atoms with E-state index in [4.69, 9.17) is 16.6 Å². The van der Waals surface area contributed by atoms with Crippen molar-refractivity contribution in [2.45, 2.75) is 12.8 Å². The predicted molar refractivity (Wildman–Crippen MR) is 107 cm³/mol. The molecule has 0 spiro atoms. The number of anilines is 2. The first kappa shape index (κ1) is 15.9. The number of thiazole rings is 1. The van der Waals surface area contributed by atoms with Gasteiger partial charge in [0.1, 0.15) is 9.88 Å². The Labute approximate surface area is 160 Å². The number of nitrogens with one attached hydrogen (secondary N) is 1. The lowest BCUT2D eigenvalue weighted by atomic mass is 10.1. The molecule has 2 aliphatic heterocycles. The number of benzene rings is 2. The molecule has 0 saturated heterocycles. The summed E-state index contributed by atoms with van der Waals surface area (Å²) >= 11 is 7.44. The van der Waals surface area contributed by atoms with E-state index >= 15 is 0 Å². The predicted octanol–water partition coefficient (Wildman–Crippen LogP) is 4.63. The number of nitrogens with zero attached hydrogens (tertiary/aromatic N) is 2. The molecule has 0 bridgehead atoms. The SMILES string of the molecule is O=C1c2sc(-c3ccc(Cl)cc3)nc2CCN1c1ccc2c(c1)CCN2. The van der Waals surface area contributed by atoms with Crippen LogP contribution in [0.1, 0.15) is 20.9 Å². The highest BCUT2D eigenvalue weighted by atomic mass is 35.5. The van der Waals surface area contributed by atoms with E-state index in [1.165, 1.54) is 22.6 Å². The third-order valence-electron chi connectivity index (χ3n) is 4.91. The Kier molecular flexibility index (Phi) is 3.72. The minimum absolute atomic E-state index is 0.0508. The van der Waals surface area contributed by atoms with Crippen molar-refractivity contribution >= 4 is 40.2 Å². The second-order valence-corrected chi connectivity index (χ2v) is 7.96. The summed E-state index contributed by atoms with van der Waals surface area (Å²) in [7, 11) is 0. The first-order valence-electron chi connectivity index (χ1n) is 8.63. The molecule has 26 heavy (non-hydrogen) atoms. The van der Waals surface area contributed by atoms with Crippen LogP contribution < -0.4 is 10.2 Å². The minimum Gasteiger partial charge on any atom is -0.384 e. The van der Waals surface area contributed by atoms with Crippen molar-refractivity contribution in [1.29, 1.82) is 0 Å². The van der Waals surface area contributed by atoms with E-state index in [0.29, 0.717) is 11.6 Å². The minimum atomic E-state index is 0.0508. The smallest absolute Gasteiger partial charge is 0.270 e. The van der Waals surface area contributed by atoms with E-state index in [9.17, 15) is 4.79 Å². The molecule has 130 valence electrons. The maximum atomic E-state index is 13.1. The van der Waals surface area contributed by atoms with Crippen molar-refractivity contribution in [3.8, 4) is 10.6 Å². The molecule has 2 aromatic carbocycles. The summed E-state index contributed by atoms with van der Waals surface area (Å²) < 4.78 is 0. The molecule has 3 aromatic rings. The van der Waals surface area contributed by atoms with Crippen LogP contribution in [0.25, 0.3) is 10.6 Å². The van der Waals surface area contributed by atoms with Gasteiger partial charge in [0.25, 0.3) is 5.91 Å². The van der Waals surface area contributed by atoms with Gasteiger partial charge in [-0.2, -0.15) is 0 Å². The van der Waals surface area contributed by atoms with E-state index in [0.717, 1.165) is 46.2 Å². The van der Waals surface area contributed by atoms with Crippen LogP contribution in [0.3, 0.4) is 0 Å². The number of hydrogen-bond acceptors (Lipinski definition) is 4. The van der Waals surface area contributed by atoms with Crippen LogP contribution in [0.4, 0.5) is 11.4 Å². The fraction of sp³-hybridized carbons (Fsp3) is 0.200. The van der Waals surface area contributed by atoms with Crippen molar-refractivity contribution in [2.24, 2.45) is 0 Å². The molecule has 1 N–H and O–H groups in total. The summed E-state index contributed by atoms with van der Waals surface area (Å²) in [6.45, 7) is 1.64. The van der Waals surface area contributed by atoms with Crippen molar-refractivity contribution in [2.75, 3.05) is 23.3 Å². The summed E-state index contributed by atoms with van der Waals surface area (Å²) in [5.74, 6) is 0.0508. The first-order chi connectivity index (χ1) is 12.7. The van der Waals surface area contributed by atoms with Gasteiger partial charge in [0.05, 0.1) is 5.69 Å². The lowest BCUT2D eigenvalue weighted by molar-refractivity contribution is 0.0984. The van der Waals surface area contributed by atoms with Gasteiger partial charge in [-0.05, 0) is 42.3 Å². The number of rotatable bonds is 2. The second kappa shape index (κ2) is 6.11. The Bertz CT molecular complexity index is 1010. The van der Waals surface area contributed by atoms with Gasteiger partial charge < -0.3 is 10.2 Å². The molecular formula is C20H16ClN3OS. The van der Waals surface area contributed by atoms with Crippen LogP contribution in [0.5, 0.6) is 0 Å². The number of aromatic nitrogens is 1. The summed E-state index contributed by atoms with van der Waals surface area (Å²) in [5, 5.41) is 4.93. The highest BCUT2D eigenvalue weighted by molar-refractivity contribution is 7.17. The van der Waals surface area contributed by atoms with E-state index < -0.39 is 0 Å². The number of amides is 1. The fourth-order valence-corrected chi connectivity index (χ4v) is 4.74. The molecule has 0 radical (unpaired) electrons. The zero-order valence-corrected chi connectivity index (χ0v) is 15.5. The Morgan fingerprint density at radius 1 is 1.12 bits per heavy atom. The number of hydrogen-bond donors (Lipinski definition) is 1. The third-order valence-corrected chi connectivity index (χ3v) is 6.30. The maximum Gasteiger partial charge on any atom is 0.270 e. The quantitative estimate of drug-likeness (QED) is 0.703.